The Morgan fingerprint density at radius 3 is 2.56 bits per heavy atom. The summed E-state index contributed by atoms with van der Waals surface area (Å²) in [6.45, 7) is 3.81. The Morgan fingerprint density at radius 2 is 2.06 bits per heavy atom. The van der Waals surface area contributed by atoms with Gasteiger partial charge in [-0.05, 0) is 24.6 Å². The first-order valence-corrected chi connectivity index (χ1v) is 7.44. The van der Waals surface area contributed by atoms with Crippen molar-refractivity contribution in [2.45, 2.75) is 13.8 Å². The second kappa shape index (κ2) is 5.86. The largest absolute Gasteiger partial charge is 0.355 e. The van der Waals surface area contributed by atoms with Crippen LogP contribution in [0.2, 0.25) is 0 Å². The van der Waals surface area contributed by atoms with E-state index in [2.05, 4.69) is 5.32 Å². The van der Waals surface area contributed by atoms with Crippen LogP contribution in [0.15, 0.2) is 24.3 Å². The van der Waals surface area contributed by atoms with Gasteiger partial charge in [-0.1, -0.05) is 12.1 Å². The summed E-state index contributed by atoms with van der Waals surface area (Å²) in [5, 5.41) is 2.59. The topological polar surface area (TPSA) is 66.5 Å². The van der Waals surface area contributed by atoms with Crippen LogP contribution in [0.25, 0.3) is 0 Å². The second-order valence-electron chi connectivity index (χ2n) is 4.16. The highest BCUT2D eigenvalue weighted by Gasteiger charge is 2.16. The van der Waals surface area contributed by atoms with Gasteiger partial charge in [0.25, 0.3) is 0 Å². The monoisotopic (exact) mass is 270 g/mol. The lowest BCUT2D eigenvalue weighted by molar-refractivity contribution is -0.118. The number of hydrogen-bond acceptors (Lipinski definition) is 3. The van der Waals surface area contributed by atoms with Crippen molar-refractivity contribution in [1.82, 2.24) is 5.32 Å². The van der Waals surface area contributed by atoms with Gasteiger partial charge in [-0.3, -0.25) is 9.10 Å². The highest BCUT2D eigenvalue weighted by atomic mass is 32.2. The van der Waals surface area contributed by atoms with E-state index >= 15 is 0 Å². The summed E-state index contributed by atoms with van der Waals surface area (Å²) in [4.78, 5) is 10.8. The molecule has 0 aliphatic carbocycles. The number of aryl methyl sites for hydroxylation is 1. The standard InChI is InChI=1S/C12H18N2O3S/c1-10-5-4-6-12(9-10)14(18(3,16)17)8-7-13-11(2)15/h4-6,9H,7-8H2,1-3H3,(H,13,15). The molecule has 0 atom stereocenters. The minimum Gasteiger partial charge on any atom is -0.355 e. The maximum Gasteiger partial charge on any atom is 0.232 e. The third-order valence-electron chi connectivity index (χ3n) is 2.38. The first-order chi connectivity index (χ1) is 8.30. The van der Waals surface area contributed by atoms with Gasteiger partial charge in [-0.2, -0.15) is 0 Å². The van der Waals surface area contributed by atoms with Crippen molar-refractivity contribution in [2.75, 3.05) is 23.7 Å². The molecule has 0 spiro atoms. The summed E-state index contributed by atoms with van der Waals surface area (Å²) in [5.41, 5.74) is 1.60. The number of benzene rings is 1. The van der Waals surface area contributed by atoms with Crippen molar-refractivity contribution >= 4 is 21.6 Å². The summed E-state index contributed by atoms with van der Waals surface area (Å²) in [6, 6.07) is 7.25. The predicted molar refractivity (Wildman–Crippen MR) is 72.1 cm³/mol. The zero-order valence-electron chi connectivity index (χ0n) is 10.8. The average Bonchev–Trinajstić information content (AvgIpc) is 2.22. The van der Waals surface area contributed by atoms with Crippen LogP contribution in [0.4, 0.5) is 5.69 Å². The Labute approximate surface area is 108 Å². The molecule has 1 aromatic carbocycles. The summed E-state index contributed by atoms with van der Waals surface area (Å²) >= 11 is 0. The van der Waals surface area contributed by atoms with Gasteiger partial charge >= 0.3 is 0 Å². The fourth-order valence-electron chi connectivity index (χ4n) is 1.60. The molecule has 1 aromatic rings. The number of nitrogens with zero attached hydrogens (tertiary/aromatic N) is 1. The van der Waals surface area contributed by atoms with E-state index in [0.29, 0.717) is 5.69 Å². The maximum absolute atomic E-state index is 11.7. The van der Waals surface area contributed by atoms with Crippen LogP contribution >= 0.6 is 0 Å². The average molecular weight is 270 g/mol. The molecule has 0 aliphatic rings. The van der Waals surface area contributed by atoms with E-state index in [0.717, 1.165) is 11.8 Å². The summed E-state index contributed by atoms with van der Waals surface area (Å²) in [7, 11) is -3.35. The number of rotatable bonds is 5. The number of hydrogen-bond donors (Lipinski definition) is 1. The highest BCUT2D eigenvalue weighted by Crippen LogP contribution is 2.18. The van der Waals surface area contributed by atoms with E-state index in [9.17, 15) is 13.2 Å². The lowest BCUT2D eigenvalue weighted by Gasteiger charge is -2.22. The molecule has 1 amide bonds. The molecule has 5 nitrogen and oxygen atoms in total. The highest BCUT2D eigenvalue weighted by molar-refractivity contribution is 7.92. The number of sulfonamides is 1. The molecule has 18 heavy (non-hydrogen) atoms. The zero-order valence-corrected chi connectivity index (χ0v) is 11.6. The predicted octanol–water partition coefficient (Wildman–Crippen LogP) is 0.897. The third-order valence-corrected chi connectivity index (χ3v) is 3.57. The van der Waals surface area contributed by atoms with Gasteiger partial charge in [0.2, 0.25) is 15.9 Å². The first-order valence-electron chi connectivity index (χ1n) is 5.59. The van der Waals surface area contributed by atoms with Gasteiger partial charge < -0.3 is 5.32 Å². The van der Waals surface area contributed by atoms with Gasteiger partial charge in [-0.25, -0.2) is 8.42 Å². The molecule has 6 heteroatoms. The number of anilines is 1. The molecular weight excluding hydrogens is 252 g/mol. The normalized spacial score (nSPS) is 11.1. The molecule has 100 valence electrons. The minimum atomic E-state index is -3.35. The van der Waals surface area contributed by atoms with Crippen LogP contribution < -0.4 is 9.62 Å². The number of carbonyl (C=O) groups excluding carboxylic acids is 1. The van der Waals surface area contributed by atoms with Crippen molar-refractivity contribution < 1.29 is 13.2 Å². The first kappa shape index (κ1) is 14.5. The van der Waals surface area contributed by atoms with Gasteiger partial charge in [0.1, 0.15) is 0 Å². The quantitative estimate of drug-likeness (QED) is 0.864. The molecule has 0 radical (unpaired) electrons. The molecule has 0 aliphatic heterocycles. The van der Waals surface area contributed by atoms with E-state index in [4.69, 9.17) is 0 Å². The third kappa shape index (κ3) is 4.37. The van der Waals surface area contributed by atoms with Crippen molar-refractivity contribution in [1.29, 1.82) is 0 Å². The van der Waals surface area contributed by atoms with E-state index in [1.165, 1.54) is 11.2 Å². The Kier molecular flexibility index (Phi) is 4.72. The van der Waals surface area contributed by atoms with Crippen molar-refractivity contribution in [3.8, 4) is 0 Å². The summed E-state index contributed by atoms with van der Waals surface area (Å²) in [6.07, 6.45) is 1.16. The fourth-order valence-corrected chi connectivity index (χ4v) is 2.52. The molecular formula is C12H18N2O3S. The number of nitrogens with one attached hydrogen (secondary N) is 1. The summed E-state index contributed by atoms with van der Waals surface area (Å²) in [5.74, 6) is -0.173. The molecule has 0 bridgehead atoms. The Morgan fingerprint density at radius 1 is 1.39 bits per heavy atom. The lowest BCUT2D eigenvalue weighted by atomic mass is 10.2. The van der Waals surface area contributed by atoms with Gasteiger partial charge in [-0.15, -0.1) is 0 Å². The van der Waals surface area contributed by atoms with E-state index < -0.39 is 10.0 Å². The van der Waals surface area contributed by atoms with Crippen LogP contribution in [-0.2, 0) is 14.8 Å². The second-order valence-corrected chi connectivity index (χ2v) is 6.06. The Balaban J connectivity index is 2.89. The van der Waals surface area contributed by atoms with Crippen LogP contribution in [0.1, 0.15) is 12.5 Å². The maximum atomic E-state index is 11.7. The van der Waals surface area contributed by atoms with Crippen LogP contribution in [-0.4, -0.2) is 33.7 Å². The molecule has 0 fully saturated rings. The molecule has 1 N–H and O–H groups in total. The lowest BCUT2D eigenvalue weighted by Crippen LogP contribution is -2.37. The molecule has 0 saturated carbocycles. The van der Waals surface area contributed by atoms with Gasteiger partial charge in [0.05, 0.1) is 18.5 Å². The van der Waals surface area contributed by atoms with Crippen molar-refractivity contribution in [3.63, 3.8) is 0 Å². The van der Waals surface area contributed by atoms with Crippen LogP contribution in [0.3, 0.4) is 0 Å². The van der Waals surface area contributed by atoms with Crippen LogP contribution in [0, 0.1) is 6.92 Å². The summed E-state index contributed by atoms with van der Waals surface area (Å²) < 4.78 is 24.8. The van der Waals surface area contributed by atoms with Crippen LogP contribution in [0.5, 0.6) is 0 Å². The molecule has 1 rings (SSSR count). The fraction of sp³-hybridized carbons (Fsp3) is 0.417. The molecule has 0 aromatic heterocycles. The minimum absolute atomic E-state index is 0.173. The number of carbonyl (C=O) groups is 1. The van der Waals surface area contributed by atoms with E-state index in [1.807, 2.05) is 13.0 Å². The molecule has 0 saturated heterocycles. The molecule has 0 heterocycles. The SMILES string of the molecule is CC(=O)NCCN(c1cccc(C)c1)S(C)(=O)=O. The Bertz CT molecular complexity index is 526. The smallest absolute Gasteiger partial charge is 0.232 e. The van der Waals surface area contributed by atoms with Crippen molar-refractivity contribution in [3.05, 3.63) is 29.8 Å². The Hall–Kier alpha value is -1.56. The van der Waals surface area contributed by atoms with E-state index in [-0.39, 0.29) is 19.0 Å². The number of amides is 1. The van der Waals surface area contributed by atoms with E-state index in [1.54, 1.807) is 18.2 Å². The zero-order chi connectivity index (χ0) is 13.8. The van der Waals surface area contributed by atoms with Crippen molar-refractivity contribution in [2.24, 2.45) is 0 Å². The molecule has 0 unspecified atom stereocenters. The van der Waals surface area contributed by atoms with Gasteiger partial charge in [0, 0.05) is 13.5 Å². The van der Waals surface area contributed by atoms with Gasteiger partial charge in [0.15, 0.2) is 0 Å².